The summed E-state index contributed by atoms with van der Waals surface area (Å²) < 4.78 is 0. The maximum absolute atomic E-state index is 13.0. The summed E-state index contributed by atoms with van der Waals surface area (Å²) in [5, 5.41) is 2.92. The molecule has 2 amide bonds. The fourth-order valence-electron chi connectivity index (χ4n) is 4.21. The van der Waals surface area contributed by atoms with Crippen molar-refractivity contribution in [2.24, 2.45) is 0 Å². The van der Waals surface area contributed by atoms with E-state index in [1.54, 1.807) is 17.5 Å². The van der Waals surface area contributed by atoms with Crippen molar-refractivity contribution in [3.8, 4) is 0 Å². The molecule has 3 fully saturated rings. The van der Waals surface area contributed by atoms with Gasteiger partial charge in [-0.1, -0.05) is 0 Å². The normalized spacial score (nSPS) is 24.5. The Labute approximate surface area is 158 Å². The third-order valence-electron chi connectivity index (χ3n) is 5.70. The van der Waals surface area contributed by atoms with Crippen LogP contribution < -0.4 is 4.90 Å². The van der Waals surface area contributed by atoms with Crippen LogP contribution in [0.3, 0.4) is 0 Å². The van der Waals surface area contributed by atoms with Crippen molar-refractivity contribution >= 4 is 28.3 Å². The van der Waals surface area contributed by atoms with Gasteiger partial charge in [-0.2, -0.15) is 0 Å². The van der Waals surface area contributed by atoms with Crippen LogP contribution in [0.5, 0.6) is 0 Å². The summed E-state index contributed by atoms with van der Waals surface area (Å²) in [6.07, 6.45) is 6.01. The van der Waals surface area contributed by atoms with Crippen molar-refractivity contribution in [1.29, 1.82) is 0 Å². The van der Waals surface area contributed by atoms with Crippen molar-refractivity contribution < 1.29 is 9.59 Å². The Bertz CT molecular complexity index is 624. The minimum atomic E-state index is -0.0704. The molecule has 0 bridgehead atoms. The Hall–Kier alpha value is -1.67. The first-order valence-electron chi connectivity index (χ1n) is 9.67. The molecule has 1 unspecified atom stereocenters. The van der Waals surface area contributed by atoms with E-state index in [9.17, 15) is 9.59 Å². The van der Waals surface area contributed by atoms with Crippen molar-refractivity contribution in [3.63, 3.8) is 0 Å². The monoisotopic (exact) mass is 377 g/mol. The summed E-state index contributed by atoms with van der Waals surface area (Å²) in [7, 11) is 0. The highest BCUT2D eigenvalue weighted by molar-refractivity contribution is 7.13. The lowest BCUT2D eigenvalue weighted by atomic mass is 10.1. The van der Waals surface area contributed by atoms with E-state index in [4.69, 9.17) is 0 Å². The second kappa shape index (κ2) is 7.92. The van der Waals surface area contributed by atoms with Crippen LogP contribution >= 0.6 is 11.3 Å². The van der Waals surface area contributed by atoms with Crippen LogP contribution in [0.2, 0.25) is 0 Å². The van der Waals surface area contributed by atoms with Gasteiger partial charge in [-0.15, -0.1) is 11.3 Å². The Morgan fingerprint density at radius 3 is 2.46 bits per heavy atom. The zero-order valence-electron chi connectivity index (χ0n) is 15.2. The molecule has 3 saturated heterocycles. The molecule has 0 aromatic carbocycles. The van der Waals surface area contributed by atoms with Crippen LogP contribution in [0.25, 0.3) is 0 Å². The topological polar surface area (TPSA) is 60.0 Å². The number of carbonyl (C=O) groups excluding carboxylic acids is 2. The molecule has 8 heteroatoms. The summed E-state index contributed by atoms with van der Waals surface area (Å²) in [4.78, 5) is 38.0. The van der Waals surface area contributed by atoms with Crippen molar-refractivity contribution in [2.75, 3.05) is 57.3 Å². The van der Waals surface area contributed by atoms with Crippen molar-refractivity contribution in [2.45, 2.75) is 31.7 Å². The number of likely N-dealkylation sites (tertiary alicyclic amines) is 1. The minimum absolute atomic E-state index is 0.0704. The number of rotatable bonds is 4. The van der Waals surface area contributed by atoms with Crippen LogP contribution in [0.1, 0.15) is 25.7 Å². The van der Waals surface area contributed by atoms with E-state index in [1.165, 1.54) is 0 Å². The van der Waals surface area contributed by atoms with Gasteiger partial charge >= 0.3 is 0 Å². The van der Waals surface area contributed by atoms with E-state index in [2.05, 4.69) is 14.8 Å². The summed E-state index contributed by atoms with van der Waals surface area (Å²) >= 11 is 1.60. The van der Waals surface area contributed by atoms with Gasteiger partial charge in [-0.3, -0.25) is 14.5 Å². The molecule has 0 saturated carbocycles. The van der Waals surface area contributed by atoms with Crippen LogP contribution in [0.15, 0.2) is 11.6 Å². The van der Waals surface area contributed by atoms with E-state index in [-0.39, 0.29) is 17.9 Å². The first-order chi connectivity index (χ1) is 12.7. The highest BCUT2D eigenvalue weighted by Crippen LogP contribution is 2.28. The van der Waals surface area contributed by atoms with Gasteiger partial charge in [-0.25, -0.2) is 4.98 Å². The predicted molar refractivity (Wildman–Crippen MR) is 101 cm³/mol. The number of carbonyl (C=O) groups is 2. The second-order valence-corrected chi connectivity index (χ2v) is 8.23. The molecule has 4 rings (SSSR count). The predicted octanol–water partition coefficient (Wildman–Crippen LogP) is 0.879. The maximum atomic E-state index is 13.0. The second-order valence-electron chi connectivity index (χ2n) is 7.36. The lowest BCUT2D eigenvalue weighted by molar-refractivity contribution is -0.135. The van der Waals surface area contributed by atoms with Crippen molar-refractivity contribution in [1.82, 2.24) is 19.7 Å². The molecule has 3 aliphatic heterocycles. The van der Waals surface area contributed by atoms with Crippen LogP contribution in [0, 0.1) is 0 Å². The molecule has 7 nitrogen and oxygen atoms in total. The zero-order valence-corrected chi connectivity index (χ0v) is 16.0. The fraction of sp³-hybridized carbons (Fsp3) is 0.722. The first-order valence-corrected chi connectivity index (χ1v) is 10.6. The molecule has 0 N–H and O–H groups in total. The third kappa shape index (κ3) is 3.71. The summed E-state index contributed by atoms with van der Waals surface area (Å²) in [6.45, 7) is 6.23. The van der Waals surface area contributed by atoms with Crippen LogP contribution in [-0.4, -0.2) is 89.9 Å². The van der Waals surface area contributed by atoms with E-state index >= 15 is 0 Å². The quantitative estimate of drug-likeness (QED) is 0.780. The molecule has 4 heterocycles. The Morgan fingerprint density at radius 1 is 1.00 bits per heavy atom. The number of hydrogen-bond donors (Lipinski definition) is 0. The SMILES string of the molecule is O=C(CN1CCN(C(=O)C2CCCN2c2nccs2)CC1)N1CCCC1. The average molecular weight is 378 g/mol. The number of piperazine rings is 1. The average Bonchev–Trinajstić information content (AvgIpc) is 3.43. The smallest absolute Gasteiger partial charge is 0.245 e. The number of hydrogen-bond acceptors (Lipinski definition) is 6. The molecule has 0 spiro atoms. The molecule has 1 aromatic rings. The molecule has 3 aliphatic rings. The van der Waals surface area contributed by atoms with Gasteiger partial charge < -0.3 is 14.7 Å². The minimum Gasteiger partial charge on any atom is -0.342 e. The Balaban J connectivity index is 1.28. The molecule has 0 aliphatic carbocycles. The van der Waals surface area contributed by atoms with Gasteiger partial charge in [0, 0.05) is 57.4 Å². The largest absolute Gasteiger partial charge is 0.342 e. The number of anilines is 1. The molecule has 0 radical (unpaired) electrons. The highest BCUT2D eigenvalue weighted by Gasteiger charge is 2.36. The standard InChI is InChI=1S/C18H27N5O2S/c24-16(21-6-1-2-7-21)14-20-9-11-22(12-10-20)17(25)15-4-3-8-23(15)18-19-5-13-26-18/h5,13,15H,1-4,6-12,14H2. The Kier molecular flexibility index (Phi) is 5.40. The lowest BCUT2D eigenvalue weighted by Gasteiger charge is -2.37. The van der Waals surface area contributed by atoms with Gasteiger partial charge in [0.05, 0.1) is 6.54 Å². The van der Waals surface area contributed by atoms with Crippen LogP contribution in [-0.2, 0) is 9.59 Å². The number of aromatic nitrogens is 1. The molecular weight excluding hydrogens is 350 g/mol. The van der Waals surface area contributed by atoms with E-state index in [0.29, 0.717) is 19.6 Å². The summed E-state index contributed by atoms with van der Waals surface area (Å²) in [6, 6.07) is -0.0704. The molecule has 1 aromatic heterocycles. The van der Waals surface area contributed by atoms with Gasteiger partial charge in [0.15, 0.2) is 5.13 Å². The number of thiazole rings is 1. The van der Waals surface area contributed by atoms with E-state index in [0.717, 1.165) is 63.5 Å². The summed E-state index contributed by atoms with van der Waals surface area (Å²) in [5.74, 6) is 0.469. The zero-order chi connectivity index (χ0) is 17.9. The maximum Gasteiger partial charge on any atom is 0.245 e. The van der Waals surface area contributed by atoms with E-state index in [1.807, 2.05) is 15.2 Å². The van der Waals surface area contributed by atoms with E-state index < -0.39 is 0 Å². The molecular formula is C18H27N5O2S. The molecule has 26 heavy (non-hydrogen) atoms. The Morgan fingerprint density at radius 2 is 1.77 bits per heavy atom. The van der Waals surface area contributed by atoms with Gasteiger partial charge in [-0.05, 0) is 25.7 Å². The van der Waals surface area contributed by atoms with Gasteiger partial charge in [0.25, 0.3) is 0 Å². The number of amides is 2. The molecule has 1 atom stereocenters. The highest BCUT2D eigenvalue weighted by atomic mass is 32.1. The number of nitrogens with zero attached hydrogens (tertiary/aromatic N) is 5. The lowest BCUT2D eigenvalue weighted by Crippen LogP contribution is -2.55. The van der Waals surface area contributed by atoms with Crippen LogP contribution in [0.4, 0.5) is 5.13 Å². The first kappa shape index (κ1) is 17.7. The summed E-state index contributed by atoms with van der Waals surface area (Å²) in [5.41, 5.74) is 0. The molecule has 142 valence electrons. The van der Waals surface area contributed by atoms with Gasteiger partial charge in [0.1, 0.15) is 6.04 Å². The van der Waals surface area contributed by atoms with Crippen molar-refractivity contribution in [3.05, 3.63) is 11.6 Å². The fourth-order valence-corrected chi connectivity index (χ4v) is 4.92. The third-order valence-corrected chi connectivity index (χ3v) is 6.51. The van der Waals surface area contributed by atoms with Gasteiger partial charge in [0.2, 0.25) is 11.8 Å².